The predicted octanol–water partition coefficient (Wildman–Crippen LogP) is 0.101. The fourth-order valence-electron chi connectivity index (χ4n) is 0.619. The van der Waals surface area contributed by atoms with Crippen molar-refractivity contribution >= 4 is 12.6 Å². The minimum Gasteiger partial charge on any atom is -0.330 e. The van der Waals surface area contributed by atoms with Crippen LogP contribution in [0.3, 0.4) is 0 Å². The van der Waals surface area contributed by atoms with Gasteiger partial charge in [0.1, 0.15) is 0 Å². The zero-order valence-electron chi connectivity index (χ0n) is 6.15. The summed E-state index contributed by atoms with van der Waals surface area (Å²) in [6, 6.07) is 0. The van der Waals surface area contributed by atoms with Gasteiger partial charge in [-0.05, 0) is 19.3 Å². The van der Waals surface area contributed by atoms with Gasteiger partial charge in [-0.3, -0.25) is 0 Å². The third-order valence-corrected chi connectivity index (χ3v) is 2.24. The molecule has 0 spiro atoms. The number of hydrogen-bond acceptors (Lipinski definition) is 3. The van der Waals surface area contributed by atoms with Gasteiger partial charge in [-0.1, -0.05) is 6.92 Å². The fraction of sp³-hybridized carbons (Fsp3) is 1.00. The lowest BCUT2D eigenvalue weighted by molar-refractivity contribution is 0.374. The Bertz CT molecular complexity index is 71.5. The van der Waals surface area contributed by atoms with Crippen LogP contribution in [-0.4, -0.2) is 25.9 Å². The molecule has 0 saturated heterocycles. The summed E-state index contributed by atoms with van der Waals surface area (Å²) >= 11 is 4.20. The van der Waals surface area contributed by atoms with Gasteiger partial charge in [0.25, 0.3) is 0 Å². The van der Waals surface area contributed by atoms with Gasteiger partial charge in [-0.2, -0.15) is 12.6 Å². The molecule has 0 aliphatic rings. The number of rotatable bonds is 4. The van der Waals surface area contributed by atoms with Crippen LogP contribution in [0.25, 0.3) is 0 Å². The van der Waals surface area contributed by atoms with Gasteiger partial charge < -0.3 is 11.1 Å². The summed E-state index contributed by atoms with van der Waals surface area (Å²) in [5.41, 5.74) is 5.68. The molecule has 0 fully saturated rings. The Morgan fingerprint density at radius 2 is 2.22 bits per heavy atom. The molecule has 0 aliphatic carbocycles. The standard InChI is InChI=1S/C6H16N2S/c1-6(3-7,5-9)4-8-2/h8-9H,3-5,7H2,1-2H3. The van der Waals surface area contributed by atoms with Crippen LogP contribution in [0.5, 0.6) is 0 Å². The van der Waals surface area contributed by atoms with Gasteiger partial charge in [0, 0.05) is 12.0 Å². The summed E-state index contributed by atoms with van der Waals surface area (Å²) in [4.78, 5) is 0. The molecule has 3 N–H and O–H groups in total. The molecule has 0 radical (unpaired) electrons. The Hall–Kier alpha value is 0.270. The van der Waals surface area contributed by atoms with E-state index in [1.54, 1.807) is 0 Å². The van der Waals surface area contributed by atoms with E-state index >= 15 is 0 Å². The zero-order valence-corrected chi connectivity index (χ0v) is 7.04. The number of nitrogens with two attached hydrogens (primary N) is 1. The molecule has 0 amide bonds. The molecule has 3 heteroatoms. The van der Waals surface area contributed by atoms with Crippen molar-refractivity contribution in [1.82, 2.24) is 5.32 Å². The average molecular weight is 148 g/mol. The summed E-state index contributed by atoms with van der Waals surface area (Å²) in [6.07, 6.45) is 0. The second kappa shape index (κ2) is 4.14. The van der Waals surface area contributed by atoms with E-state index in [0.29, 0.717) is 6.54 Å². The Labute approximate surface area is 62.6 Å². The first-order valence-electron chi connectivity index (χ1n) is 3.14. The maximum atomic E-state index is 5.51. The van der Waals surface area contributed by atoms with E-state index in [0.717, 1.165) is 12.3 Å². The minimum absolute atomic E-state index is 0.165. The lowest BCUT2D eigenvalue weighted by atomic mass is 9.94. The van der Waals surface area contributed by atoms with Crippen molar-refractivity contribution in [3.8, 4) is 0 Å². The highest BCUT2D eigenvalue weighted by molar-refractivity contribution is 7.80. The van der Waals surface area contributed by atoms with Crippen molar-refractivity contribution in [1.29, 1.82) is 0 Å². The maximum Gasteiger partial charge on any atom is 0.00221 e. The van der Waals surface area contributed by atoms with Gasteiger partial charge in [-0.15, -0.1) is 0 Å². The van der Waals surface area contributed by atoms with Crippen LogP contribution in [0.15, 0.2) is 0 Å². The zero-order chi connectivity index (χ0) is 7.33. The normalized spacial score (nSPS) is 17.3. The lowest BCUT2D eigenvalue weighted by Crippen LogP contribution is -2.38. The molecule has 0 aromatic carbocycles. The van der Waals surface area contributed by atoms with Crippen molar-refractivity contribution in [2.75, 3.05) is 25.9 Å². The fourth-order valence-corrected chi connectivity index (χ4v) is 0.860. The van der Waals surface area contributed by atoms with Crippen LogP contribution in [0.2, 0.25) is 0 Å². The highest BCUT2D eigenvalue weighted by atomic mass is 32.1. The monoisotopic (exact) mass is 148 g/mol. The summed E-state index contributed by atoms with van der Waals surface area (Å²) in [5.74, 6) is 0.838. The van der Waals surface area contributed by atoms with Crippen LogP contribution in [0, 0.1) is 5.41 Å². The molecule has 0 rings (SSSR count). The van der Waals surface area contributed by atoms with Gasteiger partial charge in [0.15, 0.2) is 0 Å². The summed E-state index contributed by atoms with van der Waals surface area (Å²) in [6.45, 7) is 3.75. The van der Waals surface area contributed by atoms with E-state index in [4.69, 9.17) is 5.73 Å². The number of hydrogen-bond donors (Lipinski definition) is 3. The average Bonchev–Trinajstić information content (AvgIpc) is 1.89. The molecule has 0 aromatic heterocycles. The smallest absolute Gasteiger partial charge is 0.00221 e. The van der Waals surface area contributed by atoms with Crippen LogP contribution in [0.1, 0.15) is 6.92 Å². The Morgan fingerprint density at radius 1 is 1.67 bits per heavy atom. The van der Waals surface area contributed by atoms with E-state index in [-0.39, 0.29) is 5.41 Å². The third-order valence-electron chi connectivity index (χ3n) is 1.48. The van der Waals surface area contributed by atoms with E-state index in [1.807, 2.05) is 7.05 Å². The van der Waals surface area contributed by atoms with E-state index in [1.165, 1.54) is 0 Å². The van der Waals surface area contributed by atoms with Crippen molar-refractivity contribution in [3.05, 3.63) is 0 Å². The highest BCUT2D eigenvalue weighted by Gasteiger charge is 2.18. The molecule has 1 unspecified atom stereocenters. The van der Waals surface area contributed by atoms with E-state index in [9.17, 15) is 0 Å². The van der Waals surface area contributed by atoms with Crippen LogP contribution >= 0.6 is 12.6 Å². The number of nitrogens with one attached hydrogen (secondary N) is 1. The van der Waals surface area contributed by atoms with E-state index < -0.39 is 0 Å². The SMILES string of the molecule is CNCC(C)(CN)CS. The molecule has 56 valence electrons. The molecular formula is C6H16N2S. The summed E-state index contributed by atoms with van der Waals surface area (Å²) in [5, 5.41) is 3.08. The second-order valence-electron chi connectivity index (χ2n) is 2.70. The number of thiol groups is 1. The van der Waals surface area contributed by atoms with Gasteiger partial charge in [0.2, 0.25) is 0 Å². The maximum absolute atomic E-state index is 5.51. The third kappa shape index (κ3) is 3.08. The molecule has 0 bridgehead atoms. The topological polar surface area (TPSA) is 38.0 Å². The second-order valence-corrected chi connectivity index (χ2v) is 3.02. The Balaban J connectivity index is 3.62. The summed E-state index contributed by atoms with van der Waals surface area (Å²) in [7, 11) is 1.93. The Kier molecular flexibility index (Phi) is 4.27. The van der Waals surface area contributed by atoms with Gasteiger partial charge >= 0.3 is 0 Å². The molecule has 0 heterocycles. The first-order valence-corrected chi connectivity index (χ1v) is 3.77. The summed E-state index contributed by atoms with van der Waals surface area (Å²) < 4.78 is 0. The largest absolute Gasteiger partial charge is 0.330 e. The van der Waals surface area contributed by atoms with Crippen LogP contribution in [-0.2, 0) is 0 Å². The van der Waals surface area contributed by atoms with Crippen LogP contribution < -0.4 is 11.1 Å². The molecule has 9 heavy (non-hydrogen) atoms. The molecule has 1 atom stereocenters. The van der Waals surface area contributed by atoms with E-state index in [2.05, 4.69) is 24.9 Å². The first-order chi connectivity index (χ1) is 4.18. The van der Waals surface area contributed by atoms with Gasteiger partial charge in [-0.25, -0.2) is 0 Å². The molecule has 0 aromatic rings. The quantitative estimate of drug-likeness (QED) is 0.495. The van der Waals surface area contributed by atoms with Crippen molar-refractivity contribution in [2.24, 2.45) is 11.1 Å². The van der Waals surface area contributed by atoms with Gasteiger partial charge in [0.05, 0.1) is 0 Å². The molecule has 0 aliphatic heterocycles. The molecular weight excluding hydrogens is 132 g/mol. The first kappa shape index (κ1) is 9.27. The molecule has 0 saturated carbocycles. The van der Waals surface area contributed by atoms with Crippen molar-refractivity contribution in [2.45, 2.75) is 6.92 Å². The van der Waals surface area contributed by atoms with Crippen molar-refractivity contribution < 1.29 is 0 Å². The highest BCUT2D eigenvalue weighted by Crippen LogP contribution is 2.13. The molecule has 2 nitrogen and oxygen atoms in total. The minimum atomic E-state index is 0.165. The van der Waals surface area contributed by atoms with Crippen molar-refractivity contribution in [3.63, 3.8) is 0 Å². The predicted molar refractivity (Wildman–Crippen MR) is 44.9 cm³/mol. The van der Waals surface area contributed by atoms with Crippen LogP contribution in [0.4, 0.5) is 0 Å². The lowest BCUT2D eigenvalue weighted by Gasteiger charge is -2.24. The Morgan fingerprint density at radius 3 is 2.33 bits per heavy atom.